The Bertz CT molecular complexity index is 444. The Morgan fingerprint density at radius 2 is 1.90 bits per heavy atom. The van der Waals surface area contributed by atoms with Crippen LogP contribution in [0.15, 0.2) is 29.2 Å². The summed E-state index contributed by atoms with van der Waals surface area (Å²) in [6, 6.07) is 6.05. The Kier molecular flexibility index (Phi) is 5.84. The molecule has 1 fully saturated rings. The van der Waals surface area contributed by atoms with Gasteiger partial charge in [-0.25, -0.2) is 0 Å². The van der Waals surface area contributed by atoms with Crippen LogP contribution in [-0.2, 0) is 6.54 Å². The molecule has 1 aliphatic rings. The van der Waals surface area contributed by atoms with Gasteiger partial charge in [0.15, 0.2) is 0 Å². The van der Waals surface area contributed by atoms with Crippen LogP contribution in [0.25, 0.3) is 0 Å². The molecule has 1 N–H and O–H groups in total. The Hall–Kier alpha value is -1.09. The molecule has 0 aliphatic heterocycles. The van der Waals surface area contributed by atoms with Gasteiger partial charge in [-0.1, -0.05) is 19.9 Å². The normalized spacial score (nSPS) is 26.6. The second-order valence-corrected chi connectivity index (χ2v) is 6.51. The van der Waals surface area contributed by atoms with Gasteiger partial charge >= 0.3 is 0 Å². The maximum Gasteiger partial charge on any atom is 0.250 e. The Morgan fingerprint density at radius 3 is 2.60 bits per heavy atom. The molecule has 0 bridgehead atoms. The number of nitrogens with zero attached hydrogens (tertiary/aromatic N) is 1. The molecule has 0 saturated heterocycles. The van der Waals surface area contributed by atoms with E-state index >= 15 is 0 Å². The number of hydrogen-bond donors (Lipinski definition) is 1. The summed E-state index contributed by atoms with van der Waals surface area (Å²) >= 11 is 0. The third kappa shape index (κ3) is 4.78. The molecule has 1 saturated carbocycles. The van der Waals surface area contributed by atoms with E-state index in [0.717, 1.165) is 37.8 Å². The Labute approximate surface area is 122 Å². The summed E-state index contributed by atoms with van der Waals surface area (Å²) < 4.78 is 1.80. The summed E-state index contributed by atoms with van der Waals surface area (Å²) in [7, 11) is 0. The molecule has 1 heterocycles. The van der Waals surface area contributed by atoms with Gasteiger partial charge in [0.05, 0.1) is 0 Å². The predicted molar refractivity (Wildman–Crippen MR) is 83.9 cm³/mol. The van der Waals surface area contributed by atoms with Crippen LogP contribution in [0, 0.1) is 11.8 Å². The van der Waals surface area contributed by atoms with Gasteiger partial charge in [-0.2, -0.15) is 0 Å². The Balaban J connectivity index is 1.62. The first-order valence-electron chi connectivity index (χ1n) is 8.04. The molecule has 0 radical (unpaired) electrons. The van der Waals surface area contributed by atoms with E-state index in [9.17, 15) is 4.79 Å². The number of hydrogen-bond acceptors (Lipinski definition) is 2. The molecule has 3 heteroatoms. The van der Waals surface area contributed by atoms with Crippen molar-refractivity contribution in [3.63, 3.8) is 0 Å². The van der Waals surface area contributed by atoms with Gasteiger partial charge in [-0.3, -0.25) is 4.79 Å². The molecule has 0 spiro atoms. The third-order valence-electron chi connectivity index (χ3n) is 4.34. The average molecular weight is 276 g/mol. The summed E-state index contributed by atoms with van der Waals surface area (Å²) in [5, 5.41) is 3.70. The molecular formula is C17H28N2O. The largest absolute Gasteiger partial charge is 0.316 e. The van der Waals surface area contributed by atoms with E-state index in [0.29, 0.717) is 6.04 Å². The van der Waals surface area contributed by atoms with E-state index in [1.807, 2.05) is 12.3 Å². The zero-order chi connectivity index (χ0) is 14.4. The average Bonchev–Trinajstić information content (AvgIpc) is 2.39. The molecular weight excluding hydrogens is 248 g/mol. The summed E-state index contributed by atoms with van der Waals surface area (Å²) in [6.07, 6.45) is 8.11. The maximum absolute atomic E-state index is 11.5. The van der Waals surface area contributed by atoms with Crippen LogP contribution in [0.3, 0.4) is 0 Å². The van der Waals surface area contributed by atoms with Crippen LogP contribution in [0.4, 0.5) is 0 Å². The maximum atomic E-state index is 11.5. The quantitative estimate of drug-likeness (QED) is 0.810. The van der Waals surface area contributed by atoms with Crippen molar-refractivity contribution in [3.8, 4) is 0 Å². The molecule has 112 valence electrons. The van der Waals surface area contributed by atoms with E-state index in [-0.39, 0.29) is 5.56 Å². The molecule has 0 aromatic carbocycles. The minimum atomic E-state index is 0.107. The lowest BCUT2D eigenvalue weighted by atomic mass is 9.80. The van der Waals surface area contributed by atoms with Crippen molar-refractivity contribution in [2.75, 3.05) is 6.54 Å². The van der Waals surface area contributed by atoms with E-state index in [2.05, 4.69) is 19.2 Å². The van der Waals surface area contributed by atoms with E-state index in [4.69, 9.17) is 0 Å². The molecule has 0 unspecified atom stereocenters. The van der Waals surface area contributed by atoms with Gasteiger partial charge in [0.1, 0.15) is 0 Å². The molecule has 1 aromatic heterocycles. The molecule has 1 aromatic rings. The lowest BCUT2D eigenvalue weighted by Gasteiger charge is -2.32. The molecule has 1 aliphatic carbocycles. The summed E-state index contributed by atoms with van der Waals surface area (Å²) in [4.78, 5) is 11.5. The summed E-state index contributed by atoms with van der Waals surface area (Å²) in [6.45, 7) is 6.64. The highest BCUT2D eigenvalue weighted by Crippen LogP contribution is 2.28. The van der Waals surface area contributed by atoms with Crippen molar-refractivity contribution in [1.82, 2.24) is 9.88 Å². The minimum absolute atomic E-state index is 0.107. The second-order valence-electron chi connectivity index (χ2n) is 6.51. The van der Waals surface area contributed by atoms with Crippen molar-refractivity contribution >= 4 is 0 Å². The van der Waals surface area contributed by atoms with Crippen LogP contribution >= 0.6 is 0 Å². The second kappa shape index (κ2) is 7.63. The first-order chi connectivity index (χ1) is 9.65. The molecule has 2 atom stereocenters. The van der Waals surface area contributed by atoms with Crippen LogP contribution in [-0.4, -0.2) is 17.2 Å². The highest BCUT2D eigenvalue weighted by molar-refractivity contribution is 4.93. The SMILES string of the molecule is C[C@H]1CC(NCCCCn2ccccc2=O)C[C@H](C)C1. The number of aromatic nitrogens is 1. The van der Waals surface area contributed by atoms with Crippen LogP contribution in [0.5, 0.6) is 0 Å². The van der Waals surface area contributed by atoms with Crippen molar-refractivity contribution in [3.05, 3.63) is 34.7 Å². The minimum Gasteiger partial charge on any atom is -0.316 e. The molecule has 2 rings (SSSR count). The summed E-state index contributed by atoms with van der Waals surface area (Å²) in [5.74, 6) is 1.72. The number of rotatable bonds is 6. The first-order valence-corrected chi connectivity index (χ1v) is 8.04. The lowest BCUT2D eigenvalue weighted by molar-refractivity contribution is 0.238. The number of unbranched alkanes of at least 4 members (excludes halogenated alkanes) is 1. The number of nitrogens with one attached hydrogen (secondary N) is 1. The molecule has 0 amide bonds. The summed E-state index contributed by atoms with van der Waals surface area (Å²) in [5.41, 5.74) is 0.107. The van der Waals surface area contributed by atoms with Crippen LogP contribution < -0.4 is 10.9 Å². The smallest absolute Gasteiger partial charge is 0.250 e. The zero-order valence-corrected chi connectivity index (χ0v) is 12.8. The Morgan fingerprint density at radius 1 is 1.15 bits per heavy atom. The van der Waals surface area contributed by atoms with Crippen LogP contribution in [0.2, 0.25) is 0 Å². The van der Waals surface area contributed by atoms with Gasteiger partial charge in [-0.05, 0) is 56.6 Å². The predicted octanol–water partition coefficient (Wildman–Crippen LogP) is 3.04. The third-order valence-corrected chi connectivity index (χ3v) is 4.34. The highest BCUT2D eigenvalue weighted by Gasteiger charge is 2.22. The zero-order valence-electron chi connectivity index (χ0n) is 12.8. The fourth-order valence-corrected chi connectivity index (χ4v) is 3.47. The van der Waals surface area contributed by atoms with Crippen molar-refractivity contribution in [2.24, 2.45) is 11.8 Å². The number of pyridine rings is 1. The van der Waals surface area contributed by atoms with E-state index < -0.39 is 0 Å². The fourth-order valence-electron chi connectivity index (χ4n) is 3.47. The van der Waals surface area contributed by atoms with Crippen molar-refractivity contribution in [1.29, 1.82) is 0 Å². The van der Waals surface area contributed by atoms with Gasteiger partial charge in [0, 0.05) is 24.8 Å². The van der Waals surface area contributed by atoms with Gasteiger partial charge in [0.25, 0.3) is 0 Å². The van der Waals surface area contributed by atoms with Gasteiger partial charge in [0.2, 0.25) is 5.56 Å². The monoisotopic (exact) mass is 276 g/mol. The van der Waals surface area contributed by atoms with Crippen molar-refractivity contribution in [2.45, 2.75) is 58.5 Å². The fraction of sp³-hybridized carbons (Fsp3) is 0.706. The highest BCUT2D eigenvalue weighted by atomic mass is 16.1. The lowest BCUT2D eigenvalue weighted by Crippen LogP contribution is -2.36. The first kappa shape index (κ1) is 15.3. The number of aryl methyl sites for hydroxylation is 1. The van der Waals surface area contributed by atoms with E-state index in [1.54, 1.807) is 16.7 Å². The van der Waals surface area contributed by atoms with Crippen molar-refractivity contribution < 1.29 is 0 Å². The molecule has 3 nitrogen and oxygen atoms in total. The topological polar surface area (TPSA) is 34.0 Å². The van der Waals surface area contributed by atoms with E-state index in [1.165, 1.54) is 19.3 Å². The van der Waals surface area contributed by atoms with Gasteiger partial charge < -0.3 is 9.88 Å². The molecule has 20 heavy (non-hydrogen) atoms. The standard InChI is InChI=1S/C17H28N2O/c1-14-11-15(2)13-16(12-14)18-8-4-6-10-19-9-5-3-7-17(19)20/h3,5,7,9,14-16,18H,4,6,8,10-13H2,1-2H3/t14-,15-/m1/s1. The van der Waals surface area contributed by atoms with Crippen LogP contribution in [0.1, 0.15) is 46.0 Å². The van der Waals surface area contributed by atoms with Gasteiger partial charge in [-0.15, -0.1) is 0 Å².